The highest BCUT2D eigenvalue weighted by Crippen LogP contribution is 2.45. The van der Waals surface area contributed by atoms with Crippen LogP contribution in [0.1, 0.15) is 6.92 Å². The number of fused-ring (bicyclic) bond motifs is 2. The van der Waals surface area contributed by atoms with Gasteiger partial charge < -0.3 is 15.3 Å². The minimum Gasteiger partial charge on any atom is -0.508 e. The highest BCUT2D eigenvalue weighted by atomic mass is 35.5. The molecule has 1 saturated heterocycles. The molecule has 162 valence electrons. The molecule has 1 amide bonds. The molecule has 0 radical (unpaired) electrons. The van der Waals surface area contributed by atoms with E-state index in [4.69, 9.17) is 11.6 Å². The number of hydrogen-bond donors (Lipinski definition) is 2. The van der Waals surface area contributed by atoms with Gasteiger partial charge in [-0.3, -0.25) is 4.79 Å². The van der Waals surface area contributed by atoms with E-state index in [9.17, 15) is 9.90 Å². The van der Waals surface area contributed by atoms with Gasteiger partial charge in [-0.15, -0.1) is 0 Å². The van der Waals surface area contributed by atoms with Gasteiger partial charge >= 0.3 is 0 Å². The standard InChI is InChI=1S/C24H19ClFN3O2S/c1-3-20(31)27-19-11-29(12(19)2)24-17-10-18(25)21(22(26)23(17)28-32-24)16-9-14(30)8-13-6-4-5-7-15(13)16/h3-10,12,19,30H,1,11H2,2H3,(H,27,31)/t12-,19-/m0/s1. The molecule has 1 aliphatic heterocycles. The van der Waals surface area contributed by atoms with Crippen molar-refractivity contribution < 1.29 is 14.3 Å². The number of carbonyl (C=O) groups excluding carboxylic acids is 1. The summed E-state index contributed by atoms with van der Waals surface area (Å²) < 4.78 is 20.1. The Morgan fingerprint density at radius 3 is 2.88 bits per heavy atom. The van der Waals surface area contributed by atoms with Gasteiger partial charge in [0.2, 0.25) is 5.91 Å². The van der Waals surface area contributed by atoms with E-state index in [1.54, 1.807) is 12.1 Å². The third-order valence-corrected chi connectivity index (χ3v) is 7.20. The molecule has 0 bridgehead atoms. The van der Waals surface area contributed by atoms with Crippen LogP contribution in [0.25, 0.3) is 32.8 Å². The number of phenolic OH excluding ortho intramolecular Hbond substituents is 1. The number of hydrogen-bond acceptors (Lipinski definition) is 5. The molecule has 3 aromatic carbocycles. The molecule has 2 atom stereocenters. The summed E-state index contributed by atoms with van der Waals surface area (Å²) in [6, 6.07) is 12.4. The van der Waals surface area contributed by atoms with E-state index in [2.05, 4.69) is 21.2 Å². The number of halogens is 2. The Balaban J connectivity index is 1.59. The number of rotatable bonds is 4. The summed E-state index contributed by atoms with van der Waals surface area (Å²) in [7, 11) is 0. The first-order valence-electron chi connectivity index (χ1n) is 10.1. The quantitative estimate of drug-likeness (QED) is 0.389. The largest absolute Gasteiger partial charge is 0.508 e. The second kappa shape index (κ2) is 7.76. The van der Waals surface area contributed by atoms with Gasteiger partial charge in [-0.1, -0.05) is 42.4 Å². The van der Waals surface area contributed by atoms with Crippen LogP contribution in [-0.2, 0) is 4.79 Å². The summed E-state index contributed by atoms with van der Waals surface area (Å²) in [6.07, 6.45) is 1.25. The van der Waals surface area contributed by atoms with E-state index in [-0.39, 0.29) is 39.8 Å². The fraction of sp³-hybridized carbons (Fsp3) is 0.167. The summed E-state index contributed by atoms with van der Waals surface area (Å²) in [4.78, 5) is 13.7. The van der Waals surface area contributed by atoms with Crippen molar-refractivity contribution in [2.75, 3.05) is 11.4 Å². The Labute approximate surface area is 192 Å². The zero-order chi connectivity index (χ0) is 22.6. The molecule has 0 saturated carbocycles. The van der Waals surface area contributed by atoms with Crippen LogP contribution in [0.4, 0.5) is 9.39 Å². The van der Waals surface area contributed by atoms with Crippen LogP contribution < -0.4 is 10.2 Å². The number of aromatic hydroxyl groups is 1. The van der Waals surface area contributed by atoms with Gasteiger partial charge in [0.15, 0.2) is 5.82 Å². The van der Waals surface area contributed by atoms with Crippen LogP contribution in [0.15, 0.2) is 55.1 Å². The first-order chi connectivity index (χ1) is 15.4. The summed E-state index contributed by atoms with van der Waals surface area (Å²) in [5.74, 6) is -0.696. The van der Waals surface area contributed by atoms with Crippen molar-refractivity contribution in [3.05, 3.63) is 66.0 Å². The average Bonchev–Trinajstić information content (AvgIpc) is 3.18. The number of benzene rings is 3. The maximum Gasteiger partial charge on any atom is 0.243 e. The van der Waals surface area contributed by atoms with E-state index in [1.165, 1.54) is 23.7 Å². The molecule has 0 unspecified atom stereocenters. The number of carbonyl (C=O) groups is 1. The second-order valence-corrected chi connectivity index (χ2v) is 9.02. The Kier molecular flexibility index (Phi) is 5.03. The highest BCUT2D eigenvalue weighted by Gasteiger charge is 2.38. The number of phenols is 1. The molecule has 32 heavy (non-hydrogen) atoms. The van der Waals surface area contributed by atoms with Gasteiger partial charge in [-0.05, 0) is 59.1 Å². The molecule has 2 N–H and O–H groups in total. The van der Waals surface area contributed by atoms with E-state index < -0.39 is 5.82 Å². The molecule has 1 aliphatic rings. The van der Waals surface area contributed by atoms with E-state index in [0.29, 0.717) is 17.5 Å². The molecular formula is C24H19ClFN3O2S. The number of nitrogens with one attached hydrogen (secondary N) is 1. The first-order valence-corrected chi connectivity index (χ1v) is 11.2. The molecule has 2 heterocycles. The maximum absolute atomic E-state index is 15.8. The van der Waals surface area contributed by atoms with Gasteiger partial charge in [0.25, 0.3) is 0 Å². The number of aromatic nitrogens is 1. The van der Waals surface area contributed by atoms with Crippen LogP contribution in [0.2, 0.25) is 5.02 Å². The Morgan fingerprint density at radius 1 is 1.34 bits per heavy atom. The van der Waals surface area contributed by atoms with Crippen LogP contribution in [0.3, 0.4) is 0 Å². The summed E-state index contributed by atoms with van der Waals surface area (Å²) in [6.45, 7) is 6.07. The number of amides is 1. The molecule has 0 spiro atoms. The predicted octanol–water partition coefficient (Wildman–Crippen LogP) is 5.49. The third-order valence-electron chi connectivity index (χ3n) is 6.00. The molecule has 4 aromatic rings. The molecule has 1 aromatic heterocycles. The van der Waals surface area contributed by atoms with E-state index in [0.717, 1.165) is 15.8 Å². The highest BCUT2D eigenvalue weighted by molar-refractivity contribution is 7.11. The number of nitrogens with zero attached hydrogens (tertiary/aromatic N) is 2. The summed E-state index contributed by atoms with van der Waals surface area (Å²) >= 11 is 7.82. The predicted molar refractivity (Wildman–Crippen MR) is 128 cm³/mol. The second-order valence-electron chi connectivity index (χ2n) is 7.86. The first kappa shape index (κ1) is 20.7. The lowest BCUT2D eigenvalue weighted by atomic mass is 9.95. The maximum atomic E-state index is 15.8. The Morgan fingerprint density at radius 2 is 2.12 bits per heavy atom. The van der Waals surface area contributed by atoms with Gasteiger partial charge in [0.1, 0.15) is 16.3 Å². The minimum atomic E-state index is -0.518. The van der Waals surface area contributed by atoms with Crippen LogP contribution >= 0.6 is 23.1 Å². The molecule has 0 aliphatic carbocycles. The molecule has 5 nitrogen and oxygen atoms in total. The lowest BCUT2D eigenvalue weighted by Gasteiger charge is -2.47. The van der Waals surface area contributed by atoms with Crippen molar-refractivity contribution in [3.63, 3.8) is 0 Å². The zero-order valence-electron chi connectivity index (χ0n) is 17.1. The van der Waals surface area contributed by atoms with Crippen molar-refractivity contribution in [3.8, 4) is 16.9 Å². The van der Waals surface area contributed by atoms with Crippen molar-refractivity contribution in [2.24, 2.45) is 0 Å². The van der Waals surface area contributed by atoms with Crippen molar-refractivity contribution in [2.45, 2.75) is 19.0 Å². The van der Waals surface area contributed by atoms with Crippen LogP contribution in [0.5, 0.6) is 5.75 Å². The molecule has 5 rings (SSSR count). The smallest absolute Gasteiger partial charge is 0.243 e. The van der Waals surface area contributed by atoms with Gasteiger partial charge in [0.05, 0.1) is 11.1 Å². The topological polar surface area (TPSA) is 65.5 Å². The van der Waals surface area contributed by atoms with Gasteiger partial charge in [0, 0.05) is 23.5 Å². The van der Waals surface area contributed by atoms with Crippen molar-refractivity contribution in [1.29, 1.82) is 0 Å². The van der Waals surface area contributed by atoms with Gasteiger partial charge in [-0.25, -0.2) is 4.39 Å². The van der Waals surface area contributed by atoms with Gasteiger partial charge in [-0.2, -0.15) is 4.37 Å². The normalized spacial score (nSPS) is 18.0. The summed E-state index contributed by atoms with van der Waals surface area (Å²) in [5.41, 5.74) is 0.975. The van der Waals surface area contributed by atoms with E-state index in [1.807, 2.05) is 31.2 Å². The minimum absolute atomic E-state index is 0.0177. The van der Waals surface area contributed by atoms with Crippen molar-refractivity contribution in [1.82, 2.24) is 9.69 Å². The van der Waals surface area contributed by atoms with Crippen molar-refractivity contribution >= 4 is 55.7 Å². The Bertz CT molecular complexity index is 1400. The lowest BCUT2D eigenvalue weighted by Crippen LogP contribution is -2.65. The fourth-order valence-corrected chi connectivity index (χ4v) is 5.49. The van der Waals surface area contributed by atoms with Crippen LogP contribution in [-0.4, -0.2) is 34.0 Å². The van der Waals surface area contributed by atoms with E-state index >= 15 is 4.39 Å². The zero-order valence-corrected chi connectivity index (χ0v) is 18.7. The third kappa shape index (κ3) is 3.20. The molecular weight excluding hydrogens is 449 g/mol. The Hall–Kier alpha value is -3.16. The lowest BCUT2D eigenvalue weighted by molar-refractivity contribution is -0.117. The SMILES string of the molecule is C=CC(=O)N[C@H]1CN(c2snc3c(F)c(-c4cc(O)cc5ccccc45)c(Cl)cc23)[C@H]1C. The average molecular weight is 468 g/mol. The molecule has 8 heteroatoms. The van der Waals surface area contributed by atoms with Crippen LogP contribution in [0, 0.1) is 5.82 Å². The fourth-order valence-electron chi connectivity index (χ4n) is 4.24. The number of anilines is 1. The molecule has 1 fully saturated rings. The monoisotopic (exact) mass is 467 g/mol. The summed E-state index contributed by atoms with van der Waals surface area (Å²) in [5, 5.41) is 16.4.